The van der Waals surface area contributed by atoms with E-state index in [9.17, 15) is 32.5 Å². The SMILES string of the molecule is CC(C)C[C@H](NC(=O)OCCSc1ccccc1)C(=O)N[C@@H](C[C@@H]1CCNC1=O)[C@H](O)S(=O)(=O)O. The Hall–Kier alpha value is -2.35. The van der Waals surface area contributed by atoms with Gasteiger partial charge in [-0.15, -0.1) is 11.8 Å². The lowest BCUT2D eigenvalue weighted by Gasteiger charge is -2.27. The standard InChI is InChI=1S/C22H33N3O8S2/c1-14(2)12-17(25-22(29)33-10-11-34-16-6-4-3-5-7-16)20(27)24-18(21(28)35(30,31)32)13-15-8-9-23-19(15)26/h3-7,14-15,17-18,21,28H,8-13H2,1-2H3,(H,23,26)(H,24,27)(H,25,29)(H,30,31,32)/t15-,17-,18-,21+/m0/s1. The minimum Gasteiger partial charge on any atom is -0.449 e. The summed E-state index contributed by atoms with van der Waals surface area (Å²) in [4.78, 5) is 38.2. The van der Waals surface area contributed by atoms with Crippen molar-refractivity contribution in [2.24, 2.45) is 11.8 Å². The number of benzene rings is 1. The predicted molar refractivity (Wildman–Crippen MR) is 130 cm³/mol. The fourth-order valence-corrected chi connectivity index (χ4v) is 4.96. The zero-order valence-electron chi connectivity index (χ0n) is 19.7. The second-order valence-corrected chi connectivity index (χ2v) is 11.3. The molecule has 11 nitrogen and oxygen atoms in total. The van der Waals surface area contributed by atoms with E-state index in [1.165, 1.54) is 11.8 Å². The summed E-state index contributed by atoms with van der Waals surface area (Å²) < 4.78 is 37.6. The molecule has 0 bridgehead atoms. The van der Waals surface area contributed by atoms with Crippen LogP contribution in [-0.4, -0.2) is 72.4 Å². The minimum atomic E-state index is -4.92. The summed E-state index contributed by atoms with van der Waals surface area (Å²) in [6.07, 6.45) is -0.418. The van der Waals surface area contributed by atoms with Crippen LogP contribution in [0.4, 0.5) is 4.79 Å². The van der Waals surface area contributed by atoms with Gasteiger partial charge in [-0.2, -0.15) is 8.42 Å². The van der Waals surface area contributed by atoms with Crippen LogP contribution in [-0.2, 0) is 24.4 Å². The van der Waals surface area contributed by atoms with Gasteiger partial charge in [0.25, 0.3) is 10.1 Å². The van der Waals surface area contributed by atoms with Crippen LogP contribution in [0.5, 0.6) is 0 Å². The average molecular weight is 532 g/mol. The fourth-order valence-electron chi connectivity index (χ4n) is 3.61. The number of thioether (sulfide) groups is 1. The van der Waals surface area contributed by atoms with Gasteiger partial charge in [0.15, 0.2) is 0 Å². The topological polar surface area (TPSA) is 171 Å². The molecule has 1 aromatic rings. The lowest BCUT2D eigenvalue weighted by atomic mass is 9.97. The Kier molecular flexibility index (Phi) is 11.3. The van der Waals surface area contributed by atoms with Crippen LogP contribution < -0.4 is 16.0 Å². The van der Waals surface area contributed by atoms with E-state index in [0.29, 0.717) is 18.7 Å². The van der Waals surface area contributed by atoms with Crippen LogP contribution in [0.15, 0.2) is 35.2 Å². The number of carbonyl (C=O) groups is 3. The molecule has 0 spiro atoms. The molecule has 0 aliphatic carbocycles. The Balaban J connectivity index is 1.98. The molecule has 1 aliphatic rings. The highest BCUT2D eigenvalue weighted by atomic mass is 32.2. The second-order valence-electron chi connectivity index (χ2n) is 8.66. The van der Waals surface area contributed by atoms with Crippen molar-refractivity contribution in [1.82, 2.24) is 16.0 Å². The second kappa shape index (κ2) is 13.7. The molecule has 13 heteroatoms. The Morgan fingerprint density at radius 2 is 1.91 bits per heavy atom. The van der Waals surface area contributed by atoms with E-state index in [1.54, 1.807) is 0 Å². The highest BCUT2D eigenvalue weighted by Gasteiger charge is 2.37. The number of aliphatic hydroxyl groups excluding tert-OH is 1. The summed E-state index contributed by atoms with van der Waals surface area (Å²) in [6, 6.07) is 7.02. The van der Waals surface area contributed by atoms with E-state index in [4.69, 9.17) is 4.74 Å². The maximum atomic E-state index is 13.0. The molecule has 1 aliphatic heterocycles. The van der Waals surface area contributed by atoms with Crippen molar-refractivity contribution in [2.45, 2.75) is 55.5 Å². The van der Waals surface area contributed by atoms with E-state index < -0.39 is 45.6 Å². The summed E-state index contributed by atoms with van der Waals surface area (Å²) in [7, 11) is -4.92. The van der Waals surface area contributed by atoms with E-state index in [0.717, 1.165) is 4.90 Å². The first-order chi connectivity index (χ1) is 16.5. The molecule has 1 saturated heterocycles. The van der Waals surface area contributed by atoms with Gasteiger partial charge in [0.1, 0.15) is 12.6 Å². The largest absolute Gasteiger partial charge is 0.449 e. The van der Waals surface area contributed by atoms with Gasteiger partial charge in [-0.1, -0.05) is 32.0 Å². The van der Waals surface area contributed by atoms with Crippen LogP contribution >= 0.6 is 11.8 Å². The first-order valence-corrected chi connectivity index (χ1v) is 13.8. The van der Waals surface area contributed by atoms with Crippen molar-refractivity contribution in [3.8, 4) is 0 Å². The Morgan fingerprint density at radius 3 is 2.49 bits per heavy atom. The molecular weight excluding hydrogens is 498 g/mol. The third-order valence-electron chi connectivity index (χ3n) is 5.32. The normalized spacial score (nSPS) is 18.4. The average Bonchev–Trinajstić information content (AvgIpc) is 3.19. The van der Waals surface area contributed by atoms with Crippen LogP contribution in [0.25, 0.3) is 0 Å². The minimum absolute atomic E-state index is 0.0229. The van der Waals surface area contributed by atoms with Gasteiger partial charge in [-0.25, -0.2) is 4.79 Å². The summed E-state index contributed by atoms with van der Waals surface area (Å²) in [5.41, 5.74) is -2.33. The molecule has 1 aromatic carbocycles. The number of carbonyl (C=O) groups excluding carboxylic acids is 3. The van der Waals surface area contributed by atoms with Gasteiger partial charge < -0.3 is 25.8 Å². The monoisotopic (exact) mass is 531 g/mol. The molecule has 5 N–H and O–H groups in total. The maximum Gasteiger partial charge on any atom is 0.407 e. The highest BCUT2D eigenvalue weighted by Crippen LogP contribution is 2.20. The number of aliphatic hydroxyl groups is 1. The van der Waals surface area contributed by atoms with Crippen molar-refractivity contribution >= 4 is 39.8 Å². The fraction of sp³-hybridized carbons (Fsp3) is 0.591. The smallest absolute Gasteiger partial charge is 0.407 e. The number of ether oxygens (including phenoxy) is 1. The van der Waals surface area contributed by atoms with Crippen LogP contribution in [0.3, 0.4) is 0 Å². The number of amides is 3. The quantitative estimate of drug-likeness (QED) is 0.142. The first-order valence-electron chi connectivity index (χ1n) is 11.3. The summed E-state index contributed by atoms with van der Waals surface area (Å²) in [6.45, 7) is 4.15. The van der Waals surface area contributed by atoms with Crippen LogP contribution in [0.1, 0.15) is 33.1 Å². The molecular formula is C22H33N3O8S2. The number of alkyl carbamates (subject to hydrolysis) is 1. The van der Waals surface area contributed by atoms with Gasteiger partial charge in [-0.3, -0.25) is 14.1 Å². The summed E-state index contributed by atoms with van der Waals surface area (Å²) in [5.74, 6) is -1.25. The number of rotatable bonds is 13. The molecule has 0 aromatic heterocycles. The zero-order valence-corrected chi connectivity index (χ0v) is 21.3. The highest BCUT2D eigenvalue weighted by molar-refractivity contribution is 7.99. The summed E-state index contributed by atoms with van der Waals surface area (Å²) in [5, 5.41) is 17.6. The Labute approximate surface area is 209 Å². The lowest BCUT2D eigenvalue weighted by molar-refractivity contribution is -0.126. The maximum absolute atomic E-state index is 13.0. The van der Waals surface area contributed by atoms with Crippen molar-refractivity contribution in [1.29, 1.82) is 0 Å². The van der Waals surface area contributed by atoms with Gasteiger partial charge in [0.2, 0.25) is 17.3 Å². The van der Waals surface area contributed by atoms with E-state index in [2.05, 4.69) is 16.0 Å². The molecule has 1 fully saturated rings. The molecule has 1 heterocycles. The first kappa shape index (κ1) is 28.9. The molecule has 2 rings (SSSR count). The molecule has 0 radical (unpaired) electrons. The van der Waals surface area contributed by atoms with E-state index >= 15 is 0 Å². The van der Waals surface area contributed by atoms with E-state index in [-0.39, 0.29) is 31.3 Å². The predicted octanol–water partition coefficient (Wildman–Crippen LogP) is 1.14. The lowest BCUT2D eigenvalue weighted by Crippen LogP contribution is -2.55. The Bertz CT molecular complexity index is 959. The summed E-state index contributed by atoms with van der Waals surface area (Å²) >= 11 is 1.50. The van der Waals surface area contributed by atoms with Crippen LogP contribution in [0.2, 0.25) is 0 Å². The van der Waals surface area contributed by atoms with Crippen LogP contribution in [0, 0.1) is 11.8 Å². The van der Waals surface area contributed by atoms with Crippen molar-refractivity contribution in [3.05, 3.63) is 30.3 Å². The molecule has 35 heavy (non-hydrogen) atoms. The zero-order chi connectivity index (χ0) is 26.0. The third-order valence-corrected chi connectivity index (χ3v) is 7.24. The van der Waals surface area contributed by atoms with Gasteiger partial charge >= 0.3 is 6.09 Å². The van der Waals surface area contributed by atoms with Gasteiger partial charge in [-0.05, 0) is 37.3 Å². The number of nitrogens with one attached hydrogen (secondary N) is 3. The number of hydrogen-bond acceptors (Lipinski definition) is 8. The van der Waals surface area contributed by atoms with Crippen molar-refractivity contribution in [2.75, 3.05) is 18.9 Å². The molecule has 0 saturated carbocycles. The molecule has 0 unspecified atom stereocenters. The molecule has 4 atom stereocenters. The van der Waals surface area contributed by atoms with Gasteiger partial charge in [0.05, 0.1) is 6.04 Å². The number of hydrogen-bond donors (Lipinski definition) is 5. The third kappa shape index (κ3) is 10.0. The van der Waals surface area contributed by atoms with Gasteiger partial charge in [0, 0.05) is 23.1 Å². The van der Waals surface area contributed by atoms with Crippen molar-refractivity contribution in [3.63, 3.8) is 0 Å². The molecule has 196 valence electrons. The molecule has 3 amide bonds. The Morgan fingerprint density at radius 1 is 1.23 bits per heavy atom. The van der Waals surface area contributed by atoms with Crippen molar-refractivity contribution < 1.29 is 37.2 Å². The van der Waals surface area contributed by atoms with E-state index in [1.807, 2.05) is 44.2 Å².